The molecule has 0 aromatic carbocycles. The third-order valence-electron chi connectivity index (χ3n) is 5.87. The zero-order chi connectivity index (χ0) is 18.6. The number of carbonyl (C=O) groups excluding carboxylic acids is 2. The summed E-state index contributed by atoms with van der Waals surface area (Å²) >= 11 is 1.72. The molecule has 6 heteroatoms. The minimum Gasteiger partial charge on any atom is -0.472 e. The first-order chi connectivity index (χ1) is 13.2. The van der Waals surface area contributed by atoms with Gasteiger partial charge in [-0.25, -0.2) is 0 Å². The van der Waals surface area contributed by atoms with Crippen molar-refractivity contribution in [1.82, 2.24) is 10.2 Å². The van der Waals surface area contributed by atoms with Gasteiger partial charge in [0.05, 0.1) is 23.8 Å². The zero-order valence-corrected chi connectivity index (χ0v) is 16.2. The highest BCUT2D eigenvalue weighted by molar-refractivity contribution is 7.10. The fraction of sp³-hybridized carbons (Fsp3) is 0.524. The Hall–Kier alpha value is -2.08. The number of carbonyl (C=O) groups is 2. The fourth-order valence-corrected chi connectivity index (χ4v) is 5.27. The quantitative estimate of drug-likeness (QED) is 0.836. The monoisotopic (exact) mass is 386 g/mol. The smallest absolute Gasteiger partial charge is 0.257 e. The summed E-state index contributed by atoms with van der Waals surface area (Å²) in [4.78, 5) is 28.7. The molecule has 0 spiro atoms. The molecule has 1 aliphatic heterocycles. The lowest BCUT2D eigenvalue weighted by Crippen LogP contribution is -2.46. The Balaban J connectivity index is 1.42. The van der Waals surface area contributed by atoms with Crippen molar-refractivity contribution in [3.8, 4) is 0 Å². The standard InChI is InChI=1S/C21H26N2O3S/c24-20(22-19(15-5-1-2-6-15)18-8-4-12-27-18)16-7-3-10-23(13-16)21(25)17-9-11-26-14-17/h4,8-9,11-12,14-16,19H,1-3,5-7,10,13H2,(H,22,24). The van der Waals surface area contributed by atoms with E-state index in [2.05, 4.69) is 22.8 Å². The number of nitrogens with one attached hydrogen (secondary N) is 1. The van der Waals surface area contributed by atoms with Gasteiger partial charge in [0.1, 0.15) is 6.26 Å². The summed E-state index contributed by atoms with van der Waals surface area (Å²) in [6, 6.07) is 5.97. The molecule has 3 heterocycles. The summed E-state index contributed by atoms with van der Waals surface area (Å²) in [7, 11) is 0. The predicted octanol–water partition coefficient (Wildman–Crippen LogP) is 4.24. The van der Waals surface area contributed by atoms with E-state index in [4.69, 9.17) is 4.42 Å². The topological polar surface area (TPSA) is 62.6 Å². The van der Waals surface area contributed by atoms with Crippen LogP contribution in [0.2, 0.25) is 0 Å². The van der Waals surface area contributed by atoms with E-state index in [0.717, 1.165) is 12.8 Å². The van der Waals surface area contributed by atoms with Crippen LogP contribution in [0.15, 0.2) is 40.5 Å². The van der Waals surface area contributed by atoms with Gasteiger partial charge >= 0.3 is 0 Å². The molecule has 2 fully saturated rings. The molecule has 1 aliphatic carbocycles. The van der Waals surface area contributed by atoms with Gasteiger partial charge in [-0.3, -0.25) is 9.59 Å². The first-order valence-electron chi connectivity index (χ1n) is 9.87. The van der Waals surface area contributed by atoms with E-state index in [1.807, 2.05) is 0 Å². The molecule has 144 valence electrons. The van der Waals surface area contributed by atoms with Crippen LogP contribution in [0.1, 0.15) is 59.8 Å². The van der Waals surface area contributed by atoms with Crippen molar-refractivity contribution in [2.45, 2.75) is 44.6 Å². The maximum absolute atomic E-state index is 13.1. The Morgan fingerprint density at radius 1 is 1.19 bits per heavy atom. The number of likely N-dealkylation sites (tertiary alicyclic amines) is 1. The van der Waals surface area contributed by atoms with Gasteiger partial charge in [-0.2, -0.15) is 0 Å². The molecule has 4 rings (SSSR count). The Labute approximate surface area is 163 Å². The summed E-state index contributed by atoms with van der Waals surface area (Å²) in [5.41, 5.74) is 0.554. The highest BCUT2D eigenvalue weighted by Crippen LogP contribution is 2.37. The number of amides is 2. The third-order valence-corrected chi connectivity index (χ3v) is 6.82. The lowest BCUT2D eigenvalue weighted by Gasteiger charge is -2.33. The molecule has 0 bridgehead atoms. The van der Waals surface area contributed by atoms with Crippen LogP contribution in [-0.4, -0.2) is 29.8 Å². The summed E-state index contributed by atoms with van der Waals surface area (Å²) < 4.78 is 5.03. The fourth-order valence-electron chi connectivity index (χ4n) is 4.40. The summed E-state index contributed by atoms with van der Waals surface area (Å²) in [5.74, 6) is 0.426. The summed E-state index contributed by atoms with van der Waals surface area (Å²) in [6.07, 6.45) is 9.53. The minimum absolute atomic E-state index is 0.0492. The molecule has 1 saturated carbocycles. The van der Waals surface area contributed by atoms with Crippen molar-refractivity contribution >= 4 is 23.2 Å². The number of nitrogens with zero attached hydrogens (tertiary/aromatic N) is 1. The lowest BCUT2D eigenvalue weighted by atomic mass is 9.93. The molecule has 5 nitrogen and oxygen atoms in total. The first kappa shape index (κ1) is 18.3. The maximum atomic E-state index is 13.1. The number of furan rings is 1. The summed E-state index contributed by atoms with van der Waals surface area (Å²) in [5, 5.41) is 5.42. The number of hydrogen-bond donors (Lipinski definition) is 1. The lowest BCUT2D eigenvalue weighted by molar-refractivity contribution is -0.127. The second kappa shape index (κ2) is 8.30. The molecule has 2 atom stereocenters. The second-order valence-electron chi connectivity index (χ2n) is 7.65. The van der Waals surface area contributed by atoms with Gasteiger partial charge in [0.25, 0.3) is 5.91 Å². The third kappa shape index (κ3) is 4.10. The van der Waals surface area contributed by atoms with E-state index in [9.17, 15) is 9.59 Å². The average molecular weight is 387 g/mol. The van der Waals surface area contributed by atoms with E-state index in [0.29, 0.717) is 24.6 Å². The summed E-state index contributed by atoms with van der Waals surface area (Å²) in [6.45, 7) is 1.18. The Bertz CT molecular complexity index is 751. The minimum atomic E-state index is -0.140. The van der Waals surface area contributed by atoms with Gasteiger partial charge in [-0.05, 0) is 49.1 Å². The number of rotatable bonds is 5. The van der Waals surface area contributed by atoms with Crippen molar-refractivity contribution in [2.24, 2.45) is 11.8 Å². The molecule has 2 aromatic rings. The molecule has 2 unspecified atom stereocenters. The SMILES string of the molecule is O=C(NC(c1cccs1)C1CCCC1)C1CCCN(C(=O)c2ccoc2)C1. The van der Waals surface area contributed by atoms with Crippen LogP contribution in [0.3, 0.4) is 0 Å². The van der Waals surface area contributed by atoms with Crippen LogP contribution in [0.25, 0.3) is 0 Å². The number of thiophene rings is 1. The molecule has 2 amide bonds. The van der Waals surface area contributed by atoms with E-state index >= 15 is 0 Å². The van der Waals surface area contributed by atoms with Crippen LogP contribution >= 0.6 is 11.3 Å². The van der Waals surface area contributed by atoms with Crippen LogP contribution in [0.4, 0.5) is 0 Å². The Kier molecular flexibility index (Phi) is 5.62. The predicted molar refractivity (Wildman–Crippen MR) is 104 cm³/mol. The van der Waals surface area contributed by atoms with Crippen molar-refractivity contribution < 1.29 is 14.0 Å². The van der Waals surface area contributed by atoms with E-state index in [1.165, 1.54) is 43.1 Å². The molecule has 2 aromatic heterocycles. The van der Waals surface area contributed by atoms with Crippen molar-refractivity contribution in [2.75, 3.05) is 13.1 Å². The van der Waals surface area contributed by atoms with Crippen LogP contribution in [0, 0.1) is 11.8 Å². The highest BCUT2D eigenvalue weighted by Gasteiger charge is 2.33. The highest BCUT2D eigenvalue weighted by atomic mass is 32.1. The average Bonchev–Trinajstić information content (AvgIpc) is 3.48. The van der Waals surface area contributed by atoms with Gasteiger partial charge in [-0.1, -0.05) is 18.9 Å². The molecular weight excluding hydrogens is 360 g/mol. The van der Waals surface area contributed by atoms with Crippen LogP contribution < -0.4 is 5.32 Å². The van der Waals surface area contributed by atoms with Crippen LogP contribution in [-0.2, 0) is 4.79 Å². The molecular formula is C21H26N2O3S. The molecule has 1 saturated heterocycles. The van der Waals surface area contributed by atoms with Gasteiger partial charge in [0.2, 0.25) is 5.91 Å². The number of hydrogen-bond acceptors (Lipinski definition) is 4. The largest absolute Gasteiger partial charge is 0.472 e. The van der Waals surface area contributed by atoms with Crippen molar-refractivity contribution in [3.05, 3.63) is 46.5 Å². The van der Waals surface area contributed by atoms with E-state index < -0.39 is 0 Å². The van der Waals surface area contributed by atoms with Gasteiger partial charge in [0.15, 0.2) is 0 Å². The number of piperidine rings is 1. The Morgan fingerprint density at radius 3 is 2.74 bits per heavy atom. The first-order valence-corrected chi connectivity index (χ1v) is 10.8. The molecule has 27 heavy (non-hydrogen) atoms. The van der Waals surface area contributed by atoms with E-state index in [-0.39, 0.29) is 23.8 Å². The zero-order valence-electron chi connectivity index (χ0n) is 15.4. The van der Waals surface area contributed by atoms with Gasteiger partial charge in [0, 0.05) is 18.0 Å². The normalized spacial score (nSPS) is 21.9. The molecule has 1 N–H and O–H groups in total. The van der Waals surface area contributed by atoms with Gasteiger partial charge < -0.3 is 14.6 Å². The van der Waals surface area contributed by atoms with Crippen molar-refractivity contribution in [1.29, 1.82) is 0 Å². The molecule has 2 aliphatic rings. The molecule has 0 radical (unpaired) electrons. The van der Waals surface area contributed by atoms with E-state index in [1.54, 1.807) is 22.3 Å². The van der Waals surface area contributed by atoms with Crippen LogP contribution in [0.5, 0.6) is 0 Å². The Morgan fingerprint density at radius 2 is 2.04 bits per heavy atom. The van der Waals surface area contributed by atoms with Crippen molar-refractivity contribution in [3.63, 3.8) is 0 Å². The van der Waals surface area contributed by atoms with Gasteiger partial charge in [-0.15, -0.1) is 11.3 Å². The maximum Gasteiger partial charge on any atom is 0.257 e. The second-order valence-corrected chi connectivity index (χ2v) is 8.63.